The minimum absolute atomic E-state index is 0. The van der Waals surface area contributed by atoms with E-state index in [0.717, 1.165) is 93.9 Å². The molecule has 0 unspecified atom stereocenters. The fourth-order valence-corrected chi connectivity index (χ4v) is 8.94. The molecule has 3 amide bonds. The van der Waals surface area contributed by atoms with Crippen molar-refractivity contribution in [3.05, 3.63) is 107 Å². The summed E-state index contributed by atoms with van der Waals surface area (Å²) in [6, 6.07) is 15.9. The third-order valence-corrected chi connectivity index (χ3v) is 12.5. The van der Waals surface area contributed by atoms with E-state index in [0.29, 0.717) is 37.7 Å². The summed E-state index contributed by atoms with van der Waals surface area (Å²) in [6.07, 6.45) is 12.8. The maximum atomic E-state index is 13.4. The fraction of sp³-hybridized carbons (Fsp3) is 0.432. The number of quaternary nitrogens is 1. The molecule has 65 heavy (non-hydrogen) atoms. The number of nitrogens with zero attached hydrogens (tertiary/aromatic N) is 9. The van der Waals surface area contributed by atoms with Crippen LogP contribution >= 0.6 is 36.4 Å². The third-order valence-electron chi connectivity index (χ3n) is 12.2. The normalized spacial score (nSPS) is 16.1. The van der Waals surface area contributed by atoms with Gasteiger partial charge in [0.1, 0.15) is 23.1 Å². The number of carbonyl (C=O) groups excluding carboxylic acids is 3. The van der Waals surface area contributed by atoms with E-state index in [2.05, 4.69) is 58.7 Å². The Labute approximate surface area is 402 Å². The highest BCUT2D eigenvalue weighted by Crippen LogP contribution is 2.25. The molecule has 1 fully saturated rings. The molecule has 0 bridgehead atoms. The number of likely N-dealkylation sites (tertiary alicyclic amines) is 1. The maximum absolute atomic E-state index is 13.4. The third kappa shape index (κ3) is 12.9. The van der Waals surface area contributed by atoms with Gasteiger partial charge in [-0.2, -0.15) is 0 Å². The van der Waals surface area contributed by atoms with Crippen molar-refractivity contribution in [1.82, 2.24) is 44.2 Å². The minimum atomic E-state index is -0.416. The Hall–Kier alpha value is -5.33. The lowest BCUT2D eigenvalue weighted by molar-refractivity contribution is -0.933. The summed E-state index contributed by atoms with van der Waals surface area (Å²) in [5, 5.41) is 3.11. The predicted molar refractivity (Wildman–Crippen MR) is 246 cm³/mol. The van der Waals surface area contributed by atoms with E-state index in [-0.39, 0.29) is 90.8 Å². The molecule has 5 N–H and O–H groups in total. The minimum Gasteiger partial charge on any atom is -1.00 e. The van der Waals surface area contributed by atoms with Crippen molar-refractivity contribution in [3.63, 3.8) is 0 Å². The smallest absolute Gasteiger partial charge is 0.274 e. The number of anilines is 2. The number of rotatable bonds is 16. The van der Waals surface area contributed by atoms with Crippen molar-refractivity contribution in [2.24, 2.45) is 0 Å². The average molecular weight is 975 g/mol. The molecule has 2 aromatic carbocycles. The quantitative estimate of drug-likeness (QED) is 0.121. The number of nitrogens with two attached hydrogens (primary N) is 2. The zero-order valence-corrected chi connectivity index (χ0v) is 39.2. The second-order valence-electron chi connectivity index (χ2n) is 16.4. The van der Waals surface area contributed by atoms with Gasteiger partial charge in [-0.25, -0.2) is 19.9 Å². The molecule has 0 aliphatic carbocycles. The zero-order chi connectivity index (χ0) is 43.1. The van der Waals surface area contributed by atoms with E-state index in [1.54, 1.807) is 22.2 Å². The molecule has 3 aromatic heterocycles. The first kappa shape index (κ1) is 50.7. The van der Waals surface area contributed by atoms with Crippen LogP contribution in [-0.4, -0.2) is 120 Å². The number of halogens is 4. The van der Waals surface area contributed by atoms with Crippen LogP contribution in [0.15, 0.2) is 73.3 Å². The number of aromatic nitrogens is 6. The first-order chi connectivity index (χ1) is 30.1. The molecule has 1 saturated heterocycles. The van der Waals surface area contributed by atoms with Crippen molar-refractivity contribution < 1.29 is 40.7 Å². The van der Waals surface area contributed by atoms with Crippen LogP contribution in [0, 0.1) is 0 Å². The summed E-state index contributed by atoms with van der Waals surface area (Å²) in [7, 11) is 0. The van der Waals surface area contributed by atoms with Gasteiger partial charge in [0.05, 0.1) is 45.3 Å². The van der Waals surface area contributed by atoms with Crippen molar-refractivity contribution in [2.45, 2.75) is 70.7 Å². The Morgan fingerprint density at radius 1 is 0.738 bits per heavy atom. The number of carbonyl (C=O) groups is 3. The summed E-state index contributed by atoms with van der Waals surface area (Å²) < 4.78 is 16.8. The van der Waals surface area contributed by atoms with Gasteiger partial charge in [0.15, 0.2) is 35.7 Å². The molecule has 5 aromatic rings. The predicted octanol–water partition coefficient (Wildman–Crippen LogP) is 1.35. The van der Waals surface area contributed by atoms with E-state index < -0.39 is 5.91 Å². The number of imidazole rings is 2. The number of ether oxygens (including phenoxy) is 2. The van der Waals surface area contributed by atoms with E-state index in [4.69, 9.17) is 32.5 Å². The average Bonchev–Trinajstić information content (AvgIpc) is 3.96. The number of aryl methyl sites for hydroxylation is 2. The molecule has 350 valence electrons. The van der Waals surface area contributed by atoms with E-state index in [9.17, 15) is 14.4 Å². The van der Waals surface area contributed by atoms with Crippen molar-refractivity contribution >= 4 is 65.8 Å². The van der Waals surface area contributed by atoms with Crippen molar-refractivity contribution in [1.29, 1.82) is 0 Å². The number of nitrogen functional groups attached to an aromatic ring is 2. The molecule has 6 heterocycles. The van der Waals surface area contributed by atoms with Gasteiger partial charge in [-0.1, -0.05) is 35.9 Å². The second kappa shape index (κ2) is 23.2. The highest BCUT2D eigenvalue weighted by Gasteiger charge is 2.36. The maximum Gasteiger partial charge on any atom is 0.274 e. The monoisotopic (exact) mass is 972 g/mol. The summed E-state index contributed by atoms with van der Waals surface area (Å²) in [6.45, 7) is 7.32. The molecule has 21 heteroatoms. The van der Waals surface area contributed by atoms with Crippen LogP contribution in [0.2, 0.25) is 5.15 Å². The van der Waals surface area contributed by atoms with E-state index in [1.165, 1.54) is 11.1 Å². The number of benzene rings is 2. The number of nitrogens with one attached hydrogen (secondary N) is 1. The summed E-state index contributed by atoms with van der Waals surface area (Å²) in [5.41, 5.74) is 14.1. The molecular weight excluding hydrogens is 918 g/mol. The van der Waals surface area contributed by atoms with Gasteiger partial charge in [0, 0.05) is 63.8 Å². The second-order valence-corrected chi connectivity index (χ2v) is 16.8. The number of fused-ring (bicyclic) bond motifs is 2. The number of amides is 3. The topological polar surface area (TPSA) is 202 Å². The Bertz CT molecular complexity index is 2250. The van der Waals surface area contributed by atoms with Gasteiger partial charge in [0.25, 0.3) is 17.7 Å². The molecule has 1 atom stereocenters. The summed E-state index contributed by atoms with van der Waals surface area (Å²) in [5.74, 6) is 2.49. The van der Waals surface area contributed by atoms with Crippen molar-refractivity contribution in [2.75, 3.05) is 63.9 Å². The lowest BCUT2D eigenvalue weighted by Gasteiger charge is -2.45. The van der Waals surface area contributed by atoms with Crippen LogP contribution in [0.4, 0.5) is 11.6 Å². The van der Waals surface area contributed by atoms with Crippen LogP contribution in [0.5, 0.6) is 11.5 Å². The van der Waals surface area contributed by atoms with E-state index in [1.807, 2.05) is 36.7 Å². The Kier molecular flexibility index (Phi) is 18.1. The fourth-order valence-electron chi connectivity index (χ4n) is 8.81. The lowest BCUT2D eigenvalue weighted by atomic mass is 9.99. The summed E-state index contributed by atoms with van der Waals surface area (Å²) in [4.78, 5) is 59.5. The lowest BCUT2D eigenvalue weighted by Crippen LogP contribution is -3.00. The molecule has 0 spiro atoms. The molecule has 17 nitrogen and oxygen atoms in total. The molecule has 3 aliphatic rings. The van der Waals surface area contributed by atoms with Crippen LogP contribution < -0.4 is 38.7 Å². The largest absolute Gasteiger partial charge is 1.00 e. The van der Waals surface area contributed by atoms with Crippen molar-refractivity contribution in [3.8, 4) is 11.5 Å². The zero-order valence-electron chi connectivity index (χ0n) is 36.0. The molecule has 3 aliphatic heterocycles. The van der Waals surface area contributed by atoms with Crippen LogP contribution in [0.1, 0.15) is 58.9 Å². The molecule has 8 rings (SSSR count). The first-order valence-corrected chi connectivity index (χ1v) is 21.7. The van der Waals surface area contributed by atoms with Gasteiger partial charge in [-0.15, -0.1) is 24.8 Å². The Morgan fingerprint density at radius 2 is 1.25 bits per heavy atom. The van der Waals surface area contributed by atoms with Gasteiger partial charge in [-0.3, -0.25) is 14.4 Å². The van der Waals surface area contributed by atoms with Gasteiger partial charge in [-0.05, 0) is 61.1 Å². The molecule has 0 saturated carbocycles. The van der Waals surface area contributed by atoms with E-state index >= 15 is 0 Å². The SMILES string of the molecule is Cl.Cl.Nc1nc(N)c(C(=O)N[C@H]2CCC[N+](CCCc3ccc(OCC(=O)N4CCn5ccnc5C4)cc3)(CCCc3ccc(OCC(=O)N4CCn5ccnc5C4)cc3)C2)nc1Cl.[Cl-]. The van der Waals surface area contributed by atoms with Crippen LogP contribution in [0.3, 0.4) is 0 Å². The number of piperidine rings is 1. The van der Waals surface area contributed by atoms with Crippen LogP contribution in [0.25, 0.3) is 0 Å². The molecular formula is C44H56Cl4N12O5. The highest BCUT2D eigenvalue weighted by atomic mass is 35.5. The summed E-state index contributed by atoms with van der Waals surface area (Å²) >= 11 is 6.10. The Morgan fingerprint density at radius 3 is 1.75 bits per heavy atom. The highest BCUT2D eigenvalue weighted by molar-refractivity contribution is 6.31. The number of hydrogen-bond donors (Lipinski definition) is 3. The van der Waals surface area contributed by atoms with Gasteiger partial charge < -0.3 is 62.1 Å². The standard InChI is InChI=1S/C44H53ClN12O5.3ClH/c45-41-43(47)52-42(46)40(51-41)44(60)50-33-6-3-25-57(28-33,23-1-4-31-7-11-34(12-8-31)61-29-38(58)55-21-19-53-17-15-48-36(53)26-55)24-2-5-32-9-13-35(14-10-32)62-30-39(59)56-22-20-54-18-16-49-37(54)27-56;;;/h7-18,33H,1-6,19-30H2,(H4-,46,47,50,52,60);3*1H/t33-;;;/m0.../s1. The van der Waals surface area contributed by atoms with Gasteiger partial charge >= 0.3 is 0 Å². The molecule has 0 radical (unpaired) electrons. The first-order valence-electron chi connectivity index (χ1n) is 21.3. The van der Waals surface area contributed by atoms with Gasteiger partial charge in [0.2, 0.25) is 0 Å². The Balaban J connectivity index is 0.00000264. The van der Waals surface area contributed by atoms with Crippen LogP contribution in [-0.2, 0) is 48.6 Å². The number of hydrogen-bond acceptors (Lipinski definition) is 11.